The summed E-state index contributed by atoms with van der Waals surface area (Å²) in [6, 6.07) is 5.15. The fourth-order valence-corrected chi connectivity index (χ4v) is 6.49. The Morgan fingerprint density at radius 3 is 2.77 bits per heavy atom. The Hall–Kier alpha value is -4.34. The topological polar surface area (TPSA) is 113 Å². The third kappa shape index (κ3) is 4.90. The molecule has 2 atom stereocenters. The Morgan fingerprint density at radius 1 is 1.16 bits per heavy atom. The number of anilines is 1. The molecule has 7 rings (SSSR count). The van der Waals surface area contributed by atoms with Gasteiger partial charge in [-0.2, -0.15) is 9.97 Å². The largest absolute Gasteiger partial charge is 0.508 e. The van der Waals surface area contributed by atoms with Gasteiger partial charge in [-0.3, -0.25) is 4.90 Å². The summed E-state index contributed by atoms with van der Waals surface area (Å²) < 4.78 is 58.2. The molecule has 0 bridgehead atoms. The second kappa shape index (κ2) is 11.0. The molecule has 3 aliphatic rings. The number of rotatable bonds is 9. The molecule has 12 heteroatoms. The summed E-state index contributed by atoms with van der Waals surface area (Å²) >= 11 is 0. The van der Waals surface area contributed by atoms with E-state index in [-0.39, 0.29) is 82.4 Å². The molecule has 2 aromatic carbocycles. The van der Waals surface area contributed by atoms with Gasteiger partial charge in [0.2, 0.25) is 5.88 Å². The number of alkyl halides is 1. The van der Waals surface area contributed by atoms with Crippen LogP contribution in [0.5, 0.6) is 17.6 Å². The molecule has 2 aliphatic heterocycles. The predicted octanol–water partition coefficient (Wildman–Crippen LogP) is 4.71. The van der Waals surface area contributed by atoms with Crippen molar-refractivity contribution in [3.8, 4) is 41.2 Å². The van der Waals surface area contributed by atoms with Gasteiger partial charge in [0, 0.05) is 30.5 Å². The first-order chi connectivity index (χ1) is 21.3. The molecule has 3 N–H and O–H groups in total. The van der Waals surface area contributed by atoms with E-state index in [1.54, 1.807) is 0 Å². The van der Waals surface area contributed by atoms with Crippen molar-refractivity contribution in [1.82, 2.24) is 19.9 Å². The number of halogens is 3. The maximum absolute atomic E-state index is 16.7. The van der Waals surface area contributed by atoms with E-state index in [2.05, 4.69) is 31.1 Å². The Balaban J connectivity index is 1.42. The number of hydrogen-bond acceptors (Lipinski definition) is 9. The molecule has 1 saturated carbocycles. The van der Waals surface area contributed by atoms with Gasteiger partial charge in [-0.1, -0.05) is 12.0 Å². The van der Waals surface area contributed by atoms with E-state index in [9.17, 15) is 19.0 Å². The lowest BCUT2D eigenvalue weighted by atomic mass is 9.95. The number of fused-ring (bicyclic) bond motifs is 3. The van der Waals surface area contributed by atoms with Crippen LogP contribution in [-0.2, 0) is 0 Å². The molecule has 0 radical (unpaired) electrons. The van der Waals surface area contributed by atoms with Crippen LogP contribution in [0.4, 0.5) is 19.0 Å². The molecule has 4 heterocycles. The minimum Gasteiger partial charge on any atom is -0.508 e. The third-order valence-electron chi connectivity index (χ3n) is 8.62. The van der Waals surface area contributed by atoms with E-state index in [1.807, 2.05) is 0 Å². The van der Waals surface area contributed by atoms with Crippen LogP contribution in [0, 0.1) is 24.0 Å². The predicted molar refractivity (Wildman–Crippen MR) is 158 cm³/mol. The molecule has 3 fully saturated rings. The summed E-state index contributed by atoms with van der Waals surface area (Å²) in [6.07, 6.45) is 8.10. The fourth-order valence-electron chi connectivity index (χ4n) is 6.49. The SMILES string of the molecule is C#Cc1c(F)ccc2cc(O)cc(-c3nc(OC4CC4)c4c(NCCO)nc(OC[C@@]56CCCN5C[C@H](F)C6)nc4c3F)c12. The lowest BCUT2D eigenvalue weighted by Gasteiger charge is -2.30. The number of phenols is 1. The molecule has 9 nitrogen and oxygen atoms in total. The van der Waals surface area contributed by atoms with Crippen LogP contribution in [0.15, 0.2) is 24.3 Å². The first-order valence-corrected chi connectivity index (χ1v) is 14.7. The number of terminal acetylenes is 1. The summed E-state index contributed by atoms with van der Waals surface area (Å²) in [5.74, 6) is 0.724. The van der Waals surface area contributed by atoms with Crippen molar-refractivity contribution in [2.24, 2.45) is 0 Å². The number of phenolic OH excluding ortho intramolecular Hbond substituents is 1. The highest BCUT2D eigenvalue weighted by Gasteiger charge is 2.49. The van der Waals surface area contributed by atoms with E-state index in [0.29, 0.717) is 18.4 Å². The number of pyridine rings is 1. The zero-order chi connectivity index (χ0) is 30.6. The normalized spacial score (nSPS) is 21.5. The standard InChI is InChI=1S/C32H30F3N5O4/c1-2-21-23(34)7-4-17-12-19(42)13-22(24(17)21)27-26(35)28-25(30(37-27)44-20-5-6-20)29(36-9-11-41)39-31(38-28)43-16-32-8-3-10-40(32)15-18(33)14-32/h1,4,7,12-13,18,20,41-42H,3,5-6,8-11,14-16H2,(H,36,38,39)/t18-,32+/m1/s1. The van der Waals surface area contributed by atoms with Crippen LogP contribution in [0.2, 0.25) is 0 Å². The van der Waals surface area contributed by atoms with Gasteiger partial charge >= 0.3 is 6.01 Å². The lowest BCUT2D eigenvalue weighted by Crippen LogP contribution is -2.43. The van der Waals surface area contributed by atoms with E-state index in [0.717, 1.165) is 32.2 Å². The van der Waals surface area contributed by atoms with Gasteiger partial charge in [0.25, 0.3) is 0 Å². The maximum Gasteiger partial charge on any atom is 0.319 e. The molecule has 2 aromatic heterocycles. The summed E-state index contributed by atoms with van der Waals surface area (Å²) in [6.45, 7) is 1.08. The van der Waals surface area contributed by atoms with Crippen molar-refractivity contribution < 1.29 is 32.9 Å². The number of aromatic nitrogens is 3. The van der Waals surface area contributed by atoms with Crippen molar-refractivity contribution in [1.29, 1.82) is 0 Å². The van der Waals surface area contributed by atoms with Gasteiger partial charge in [-0.15, -0.1) is 6.42 Å². The number of hydrogen-bond donors (Lipinski definition) is 3. The maximum atomic E-state index is 16.7. The number of aliphatic hydroxyl groups excluding tert-OH is 1. The van der Waals surface area contributed by atoms with Crippen molar-refractivity contribution in [2.75, 3.05) is 38.2 Å². The molecule has 0 amide bonds. The van der Waals surface area contributed by atoms with Crippen molar-refractivity contribution in [3.63, 3.8) is 0 Å². The van der Waals surface area contributed by atoms with Crippen LogP contribution in [-0.4, -0.2) is 80.7 Å². The quantitative estimate of drug-likeness (QED) is 0.234. The van der Waals surface area contributed by atoms with Crippen LogP contribution < -0.4 is 14.8 Å². The highest BCUT2D eigenvalue weighted by Crippen LogP contribution is 2.43. The average Bonchev–Trinajstić information content (AvgIpc) is 3.66. The second-order valence-corrected chi connectivity index (χ2v) is 11.6. The zero-order valence-electron chi connectivity index (χ0n) is 23.7. The molecule has 4 aromatic rings. The van der Waals surface area contributed by atoms with Gasteiger partial charge in [0.05, 0.1) is 17.7 Å². The van der Waals surface area contributed by atoms with Gasteiger partial charge in [0.1, 0.15) is 52.9 Å². The molecule has 1 aliphatic carbocycles. The number of nitrogens with one attached hydrogen (secondary N) is 1. The van der Waals surface area contributed by atoms with Gasteiger partial charge in [0.15, 0.2) is 5.82 Å². The Morgan fingerprint density at radius 2 is 2.00 bits per heavy atom. The molecule has 228 valence electrons. The van der Waals surface area contributed by atoms with Gasteiger partial charge < -0.3 is 25.0 Å². The first kappa shape index (κ1) is 28.4. The molecule has 0 spiro atoms. The van der Waals surface area contributed by atoms with E-state index in [4.69, 9.17) is 15.9 Å². The summed E-state index contributed by atoms with van der Waals surface area (Å²) in [4.78, 5) is 15.6. The molecule has 2 saturated heterocycles. The smallest absolute Gasteiger partial charge is 0.319 e. The van der Waals surface area contributed by atoms with Crippen LogP contribution in [0.1, 0.15) is 37.7 Å². The molecular weight excluding hydrogens is 575 g/mol. The Kier molecular flexibility index (Phi) is 7.10. The van der Waals surface area contributed by atoms with Gasteiger partial charge in [-0.05, 0) is 55.8 Å². The van der Waals surface area contributed by atoms with Crippen LogP contribution in [0.25, 0.3) is 32.9 Å². The first-order valence-electron chi connectivity index (χ1n) is 14.7. The summed E-state index contributed by atoms with van der Waals surface area (Å²) in [5, 5.41) is 23.8. The summed E-state index contributed by atoms with van der Waals surface area (Å²) in [5.41, 5.74) is -0.996. The third-order valence-corrected chi connectivity index (χ3v) is 8.62. The lowest BCUT2D eigenvalue weighted by molar-refractivity contribution is 0.107. The van der Waals surface area contributed by atoms with Crippen molar-refractivity contribution >= 4 is 27.5 Å². The van der Waals surface area contributed by atoms with Crippen LogP contribution >= 0.6 is 0 Å². The minimum atomic E-state index is -0.957. The van der Waals surface area contributed by atoms with Crippen LogP contribution in [0.3, 0.4) is 0 Å². The second-order valence-electron chi connectivity index (χ2n) is 11.6. The van der Waals surface area contributed by atoms with Gasteiger partial charge in [-0.25, -0.2) is 18.2 Å². The number of benzene rings is 2. The molecule has 44 heavy (non-hydrogen) atoms. The fraction of sp³-hybridized carbons (Fsp3) is 0.406. The highest BCUT2D eigenvalue weighted by atomic mass is 19.1. The monoisotopic (exact) mass is 605 g/mol. The Labute approximate surface area is 251 Å². The van der Waals surface area contributed by atoms with E-state index < -0.39 is 23.3 Å². The Bertz CT molecular complexity index is 1830. The number of aliphatic hydroxyl groups is 1. The van der Waals surface area contributed by atoms with Crippen molar-refractivity contribution in [3.05, 3.63) is 41.5 Å². The van der Waals surface area contributed by atoms with E-state index in [1.165, 1.54) is 24.3 Å². The zero-order valence-corrected chi connectivity index (χ0v) is 23.7. The highest BCUT2D eigenvalue weighted by molar-refractivity contribution is 6.04. The molecular formula is C32H30F3N5O4. The minimum absolute atomic E-state index is 0.0256. The van der Waals surface area contributed by atoms with E-state index >= 15 is 4.39 Å². The number of aromatic hydroxyl groups is 1. The molecule has 0 unspecified atom stereocenters. The number of ether oxygens (including phenoxy) is 2. The average molecular weight is 606 g/mol. The summed E-state index contributed by atoms with van der Waals surface area (Å²) in [7, 11) is 0. The van der Waals surface area contributed by atoms with Crippen molar-refractivity contribution in [2.45, 2.75) is 49.9 Å². The number of nitrogens with zero attached hydrogens (tertiary/aromatic N) is 4.